The molecule has 3 aromatic rings. The lowest BCUT2D eigenvalue weighted by Crippen LogP contribution is -2.34. The summed E-state index contributed by atoms with van der Waals surface area (Å²) in [5.74, 6) is 0.527. The van der Waals surface area contributed by atoms with Crippen molar-refractivity contribution in [2.45, 2.75) is 45.3 Å². The molecule has 0 aliphatic carbocycles. The van der Waals surface area contributed by atoms with Gasteiger partial charge in [0.05, 0.1) is 18.8 Å². The zero-order valence-electron chi connectivity index (χ0n) is 20.5. The Balaban J connectivity index is 1.35. The molecule has 0 unspecified atom stereocenters. The number of nitrogens with zero attached hydrogens (tertiary/aromatic N) is 4. The summed E-state index contributed by atoms with van der Waals surface area (Å²) in [5.41, 5.74) is 4.92. The lowest BCUT2D eigenvalue weighted by Gasteiger charge is -2.16. The van der Waals surface area contributed by atoms with E-state index in [9.17, 15) is 9.59 Å². The first-order chi connectivity index (χ1) is 16.9. The van der Waals surface area contributed by atoms with Gasteiger partial charge in [-0.1, -0.05) is 47.7 Å². The molecule has 1 aromatic heterocycles. The van der Waals surface area contributed by atoms with E-state index in [-0.39, 0.29) is 24.1 Å². The first-order valence-electron chi connectivity index (χ1n) is 11.9. The molecule has 0 saturated carbocycles. The van der Waals surface area contributed by atoms with Crippen molar-refractivity contribution in [2.24, 2.45) is 0 Å². The molecule has 2 heterocycles. The van der Waals surface area contributed by atoms with Crippen LogP contribution < -0.4 is 10.6 Å². The number of hydrogen-bond acceptors (Lipinski definition) is 6. The Kier molecular flexibility index (Phi) is 8.20. The summed E-state index contributed by atoms with van der Waals surface area (Å²) in [6, 6.07) is 14.0. The highest BCUT2D eigenvalue weighted by atomic mass is 32.2. The SMILES string of the molecule is Cc1cc(C)c(NC(=O)CNC(=O)CSc2nnc(CN3CCCC3)n2-c2ccccc2)c(C)c1. The van der Waals surface area contributed by atoms with Crippen molar-refractivity contribution in [1.29, 1.82) is 0 Å². The highest BCUT2D eigenvalue weighted by Gasteiger charge is 2.20. The molecule has 2 N–H and O–H groups in total. The van der Waals surface area contributed by atoms with Crippen molar-refractivity contribution >= 4 is 29.3 Å². The number of aryl methyl sites for hydroxylation is 3. The molecule has 0 atom stereocenters. The Hall–Kier alpha value is -3.17. The molecule has 8 nitrogen and oxygen atoms in total. The third kappa shape index (κ3) is 6.49. The summed E-state index contributed by atoms with van der Waals surface area (Å²) in [5, 5.41) is 15.1. The number of likely N-dealkylation sites (tertiary alicyclic amines) is 1. The first kappa shape index (κ1) is 24.9. The Bertz CT molecular complexity index is 1160. The second kappa shape index (κ2) is 11.5. The summed E-state index contributed by atoms with van der Waals surface area (Å²) in [6.07, 6.45) is 2.41. The van der Waals surface area contributed by atoms with Gasteiger partial charge in [-0.2, -0.15) is 0 Å². The molecule has 184 valence electrons. The summed E-state index contributed by atoms with van der Waals surface area (Å²) >= 11 is 1.32. The van der Waals surface area contributed by atoms with Crippen molar-refractivity contribution in [3.8, 4) is 5.69 Å². The molecule has 4 rings (SSSR count). The lowest BCUT2D eigenvalue weighted by molar-refractivity contribution is -0.122. The van der Waals surface area contributed by atoms with Crippen LogP contribution in [0.25, 0.3) is 5.69 Å². The maximum Gasteiger partial charge on any atom is 0.243 e. The topological polar surface area (TPSA) is 92.2 Å². The van der Waals surface area contributed by atoms with E-state index in [2.05, 4.69) is 25.7 Å². The molecule has 35 heavy (non-hydrogen) atoms. The van der Waals surface area contributed by atoms with Crippen molar-refractivity contribution in [3.63, 3.8) is 0 Å². The molecular weight excluding hydrogens is 460 g/mol. The molecule has 9 heteroatoms. The van der Waals surface area contributed by atoms with Gasteiger partial charge < -0.3 is 10.6 Å². The van der Waals surface area contributed by atoms with Gasteiger partial charge in [0.2, 0.25) is 11.8 Å². The molecule has 0 radical (unpaired) electrons. The fourth-order valence-corrected chi connectivity index (χ4v) is 5.19. The monoisotopic (exact) mass is 492 g/mol. The second-order valence-electron chi connectivity index (χ2n) is 8.94. The Morgan fingerprint density at radius 2 is 1.66 bits per heavy atom. The van der Waals surface area contributed by atoms with Crippen LogP contribution >= 0.6 is 11.8 Å². The van der Waals surface area contributed by atoms with Crippen LogP contribution in [-0.2, 0) is 16.1 Å². The minimum Gasteiger partial charge on any atom is -0.346 e. The molecular formula is C26H32N6O2S. The van der Waals surface area contributed by atoms with Gasteiger partial charge in [-0.3, -0.25) is 19.1 Å². The summed E-state index contributed by atoms with van der Waals surface area (Å²) in [4.78, 5) is 27.3. The number of carbonyl (C=O) groups excluding carboxylic acids is 2. The van der Waals surface area contributed by atoms with Gasteiger partial charge in [0.15, 0.2) is 11.0 Å². The molecule has 1 aliphatic heterocycles. The molecule has 1 fully saturated rings. The average molecular weight is 493 g/mol. The number of amides is 2. The van der Waals surface area contributed by atoms with Gasteiger partial charge in [-0.25, -0.2) is 0 Å². The van der Waals surface area contributed by atoms with Gasteiger partial charge in [-0.05, 0) is 70.0 Å². The number of thioether (sulfide) groups is 1. The van der Waals surface area contributed by atoms with Crippen LogP contribution in [0.15, 0.2) is 47.6 Å². The third-order valence-electron chi connectivity index (χ3n) is 6.00. The second-order valence-corrected chi connectivity index (χ2v) is 9.88. The predicted octanol–water partition coefficient (Wildman–Crippen LogP) is 3.64. The Morgan fingerprint density at radius 3 is 2.34 bits per heavy atom. The van der Waals surface area contributed by atoms with Crippen LogP contribution in [0.4, 0.5) is 5.69 Å². The van der Waals surface area contributed by atoms with E-state index < -0.39 is 0 Å². The standard InChI is InChI=1S/C26H32N6O2S/c1-18-13-19(2)25(20(3)14-18)28-23(33)15-27-24(34)17-35-26-30-29-22(16-31-11-7-8-12-31)32(26)21-9-5-4-6-10-21/h4-6,9-10,13-14H,7-8,11-12,15-17H2,1-3H3,(H,27,34)(H,28,33). The fourth-order valence-electron chi connectivity index (χ4n) is 4.39. The first-order valence-corrected chi connectivity index (χ1v) is 12.9. The van der Waals surface area contributed by atoms with Gasteiger partial charge in [0.1, 0.15) is 0 Å². The van der Waals surface area contributed by atoms with Gasteiger partial charge in [0, 0.05) is 11.4 Å². The highest BCUT2D eigenvalue weighted by molar-refractivity contribution is 7.99. The number of hydrogen-bond donors (Lipinski definition) is 2. The number of para-hydroxylation sites is 1. The van der Waals surface area contributed by atoms with E-state index in [0.29, 0.717) is 5.16 Å². The minimum atomic E-state index is -0.251. The van der Waals surface area contributed by atoms with E-state index in [1.165, 1.54) is 24.6 Å². The third-order valence-corrected chi connectivity index (χ3v) is 6.93. The van der Waals surface area contributed by atoms with E-state index in [4.69, 9.17) is 0 Å². The van der Waals surface area contributed by atoms with Crippen LogP contribution in [0.1, 0.15) is 35.4 Å². The van der Waals surface area contributed by atoms with Gasteiger partial charge >= 0.3 is 0 Å². The van der Waals surface area contributed by atoms with Crippen molar-refractivity contribution < 1.29 is 9.59 Å². The number of benzene rings is 2. The van der Waals surface area contributed by atoms with E-state index >= 15 is 0 Å². The quantitative estimate of drug-likeness (QED) is 0.443. The highest BCUT2D eigenvalue weighted by Crippen LogP contribution is 2.24. The van der Waals surface area contributed by atoms with Crippen LogP contribution in [0.5, 0.6) is 0 Å². The van der Waals surface area contributed by atoms with Crippen molar-refractivity contribution in [3.05, 3.63) is 65.0 Å². The zero-order valence-corrected chi connectivity index (χ0v) is 21.3. The summed E-state index contributed by atoms with van der Waals surface area (Å²) < 4.78 is 2.02. The minimum absolute atomic E-state index is 0.0856. The van der Waals surface area contributed by atoms with E-state index in [1.54, 1.807) is 0 Å². The average Bonchev–Trinajstić information content (AvgIpc) is 3.49. The van der Waals surface area contributed by atoms with Gasteiger partial charge in [0.25, 0.3) is 0 Å². The fraction of sp³-hybridized carbons (Fsp3) is 0.385. The molecule has 1 saturated heterocycles. The zero-order chi connectivity index (χ0) is 24.8. The predicted molar refractivity (Wildman–Crippen MR) is 139 cm³/mol. The van der Waals surface area contributed by atoms with Crippen LogP contribution in [0.3, 0.4) is 0 Å². The number of aromatic nitrogens is 3. The van der Waals surface area contributed by atoms with Crippen molar-refractivity contribution in [1.82, 2.24) is 25.0 Å². The van der Waals surface area contributed by atoms with Crippen LogP contribution in [0, 0.1) is 20.8 Å². The maximum atomic E-state index is 12.5. The molecule has 1 aliphatic rings. The normalized spacial score (nSPS) is 13.7. The molecule has 0 bridgehead atoms. The number of nitrogens with one attached hydrogen (secondary N) is 2. The summed E-state index contributed by atoms with van der Waals surface area (Å²) in [7, 11) is 0. The Morgan fingerprint density at radius 1 is 0.971 bits per heavy atom. The summed E-state index contributed by atoms with van der Waals surface area (Å²) in [6.45, 7) is 8.73. The van der Waals surface area contributed by atoms with Crippen molar-refractivity contribution in [2.75, 3.05) is 30.7 Å². The lowest BCUT2D eigenvalue weighted by atomic mass is 10.1. The number of carbonyl (C=O) groups is 2. The largest absolute Gasteiger partial charge is 0.346 e. The molecule has 0 spiro atoms. The molecule has 2 aromatic carbocycles. The van der Waals surface area contributed by atoms with Gasteiger partial charge in [-0.15, -0.1) is 10.2 Å². The number of rotatable bonds is 9. The van der Waals surface area contributed by atoms with Crippen LogP contribution in [0.2, 0.25) is 0 Å². The number of anilines is 1. The smallest absolute Gasteiger partial charge is 0.243 e. The van der Waals surface area contributed by atoms with E-state index in [1.807, 2.05) is 67.8 Å². The van der Waals surface area contributed by atoms with E-state index in [0.717, 1.165) is 53.5 Å². The molecule has 2 amide bonds. The van der Waals surface area contributed by atoms with Crippen LogP contribution in [-0.4, -0.2) is 56.9 Å². The Labute approximate surface area is 210 Å². The maximum absolute atomic E-state index is 12.5.